The van der Waals surface area contributed by atoms with Gasteiger partial charge in [-0.15, -0.1) is 0 Å². The van der Waals surface area contributed by atoms with E-state index in [0.717, 1.165) is 14.4 Å². The minimum absolute atomic E-state index is 0.0431. The van der Waals surface area contributed by atoms with Crippen molar-refractivity contribution in [2.24, 2.45) is 0 Å². The average molecular weight is 386 g/mol. The Bertz CT molecular complexity index is 1080. The van der Waals surface area contributed by atoms with E-state index in [2.05, 4.69) is 9.97 Å². The number of carbonyl (C=O) groups is 1. The molecule has 0 aromatic carbocycles. The molecule has 0 saturated carbocycles. The first-order valence-corrected chi connectivity index (χ1v) is 9.46. The van der Waals surface area contributed by atoms with E-state index in [-0.39, 0.29) is 11.4 Å². The van der Waals surface area contributed by atoms with Crippen LogP contribution < -0.4 is 0 Å². The van der Waals surface area contributed by atoms with Gasteiger partial charge in [-0.1, -0.05) is 0 Å². The molecule has 0 fully saturated rings. The molecule has 27 heavy (non-hydrogen) atoms. The summed E-state index contributed by atoms with van der Waals surface area (Å²) in [4.78, 5) is 20.2. The van der Waals surface area contributed by atoms with Crippen LogP contribution in [-0.2, 0) is 16.6 Å². The van der Waals surface area contributed by atoms with Crippen molar-refractivity contribution in [2.45, 2.75) is 18.4 Å². The Hall–Kier alpha value is -3.20. The van der Waals surface area contributed by atoms with Crippen LogP contribution in [0.2, 0.25) is 0 Å². The third-order valence-electron chi connectivity index (χ3n) is 4.10. The fraction of sp³-hybridized carbons (Fsp3) is 0.167. The van der Waals surface area contributed by atoms with E-state index in [4.69, 9.17) is 5.11 Å². The Morgan fingerprint density at radius 3 is 2.59 bits per heavy atom. The summed E-state index contributed by atoms with van der Waals surface area (Å²) >= 11 is 0. The summed E-state index contributed by atoms with van der Waals surface area (Å²) in [7, 11) is -2.49. The molecule has 0 spiro atoms. The summed E-state index contributed by atoms with van der Waals surface area (Å²) in [6.45, 7) is 1.91. The normalized spacial score (nSPS) is 11.3. The number of rotatable bonds is 5. The lowest BCUT2D eigenvalue weighted by molar-refractivity contribution is 0.154. The third-order valence-corrected chi connectivity index (χ3v) is 5.75. The Kier molecular flexibility index (Phi) is 4.95. The smallest absolute Gasteiger partial charge is 0.407 e. The number of pyridine rings is 2. The highest BCUT2D eigenvalue weighted by molar-refractivity contribution is 7.90. The molecule has 0 aliphatic carbocycles. The Balaban J connectivity index is 2.18. The molecular weight excluding hydrogens is 368 g/mol. The van der Waals surface area contributed by atoms with E-state index < -0.39 is 16.1 Å². The molecule has 0 aliphatic heterocycles. The molecule has 9 heteroatoms. The fourth-order valence-corrected chi connectivity index (χ4v) is 4.02. The minimum Gasteiger partial charge on any atom is -0.465 e. The molecule has 0 bridgehead atoms. The van der Waals surface area contributed by atoms with Crippen LogP contribution >= 0.6 is 0 Å². The van der Waals surface area contributed by atoms with Gasteiger partial charge in [-0.05, 0) is 42.3 Å². The van der Waals surface area contributed by atoms with E-state index in [0.29, 0.717) is 16.8 Å². The van der Waals surface area contributed by atoms with Crippen LogP contribution in [0.1, 0.15) is 11.1 Å². The van der Waals surface area contributed by atoms with Gasteiger partial charge in [0, 0.05) is 43.6 Å². The number of hydrogen-bond donors (Lipinski definition) is 1. The average Bonchev–Trinajstić information content (AvgIpc) is 3.07. The zero-order valence-electron chi connectivity index (χ0n) is 14.8. The Labute approximate surface area is 156 Å². The molecule has 0 unspecified atom stereocenters. The number of amides is 1. The van der Waals surface area contributed by atoms with Crippen LogP contribution in [0.5, 0.6) is 0 Å². The van der Waals surface area contributed by atoms with Crippen LogP contribution in [0.25, 0.3) is 11.3 Å². The lowest BCUT2D eigenvalue weighted by Crippen LogP contribution is -2.23. The lowest BCUT2D eigenvalue weighted by Gasteiger charge is -2.11. The molecule has 1 amide bonds. The maximum absolute atomic E-state index is 13.1. The van der Waals surface area contributed by atoms with Gasteiger partial charge in [-0.2, -0.15) is 0 Å². The first-order valence-electron chi connectivity index (χ1n) is 8.02. The second kappa shape index (κ2) is 7.20. The van der Waals surface area contributed by atoms with Gasteiger partial charge in [0.2, 0.25) is 0 Å². The minimum atomic E-state index is -3.91. The molecule has 0 radical (unpaired) electrons. The van der Waals surface area contributed by atoms with Crippen molar-refractivity contribution in [3.8, 4) is 11.3 Å². The van der Waals surface area contributed by atoms with Gasteiger partial charge in [0.1, 0.15) is 4.90 Å². The maximum atomic E-state index is 13.1. The summed E-state index contributed by atoms with van der Waals surface area (Å²) in [5.41, 5.74) is 2.46. The van der Waals surface area contributed by atoms with E-state index >= 15 is 0 Å². The SMILES string of the molecule is Cc1ccncc1-c1cc(CN(C)C(=O)O)cn1S(=O)(=O)c1cccnc1. The van der Waals surface area contributed by atoms with Crippen LogP contribution in [-0.4, -0.2) is 45.5 Å². The predicted molar refractivity (Wildman–Crippen MR) is 98.7 cm³/mol. The van der Waals surface area contributed by atoms with Gasteiger partial charge in [0.15, 0.2) is 0 Å². The summed E-state index contributed by atoms with van der Waals surface area (Å²) in [6, 6.07) is 6.46. The highest BCUT2D eigenvalue weighted by Gasteiger charge is 2.23. The number of nitrogens with zero attached hydrogens (tertiary/aromatic N) is 4. The van der Waals surface area contributed by atoms with E-state index in [1.807, 2.05) is 6.92 Å². The van der Waals surface area contributed by atoms with Crippen LogP contribution in [0.15, 0.2) is 60.1 Å². The van der Waals surface area contributed by atoms with Crippen LogP contribution in [0.3, 0.4) is 0 Å². The third kappa shape index (κ3) is 3.68. The van der Waals surface area contributed by atoms with Gasteiger partial charge in [0.05, 0.1) is 12.2 Å². The zero-order chi connectivity index (χ0) is 19.6. The summed E-state index contributed by atoms with van der Waals surface area (Å²) in [6.07, 6.45) is 6.32. The molecule has 3 aromatic rings. The topological polar surface area (TPSA) is 105 Å². The largest absolute Gasteiger partial charge is 0.465 e. The molecule has 8 nitrogen and oxygen atoms in total. The van der Waals surface area contributed by atoms with Crippen LogP contribution in [0, 0.1) is 6.92 Å². The Morgan fingerprint density at radius 1 is 1.22 bits per heavy atom. The van der Waals surface area contributed by atoms with Crippen molar-refractivity contribution in [1.29, 1.82) is 0 Å². The predicted octanol–water partition coefficient (Wildman–Crippen LogP) is 2.60. The first kappa shape index (κ1) is 18.6. The van der Waals surface area contributed by atoms with E-state index in [1.54, 1.807) is 30.6 Å². The molecule has 3 heterocycles. The number of carboxylic acid groups (broad SMARTS) is 1. The standard InChI is InChI=1S/C18H18N4O4S/c1-13-5-7-20-10-16(13)17-8-14(11-21(2)18(23)24)12-22(17)27(25,26)15-4-3-6-19-9-15/h3-10,12H,11H2,1-2H3,(H,23,24). The van der Waals surface area contributed by atoms with Gasteiger partial charge in [-0.25, -0.2) is 17.2 Å². The molecule has 3 aromatic heterocycles. The monoisotopic (exact) mass is 386 g/mol. The van der Waals surface area contributed by atoms with Crippen molar-refractivity contribution in [3.63, 3.8) is 0 Å². The second-order valence-electron chi connectivity index (χ2n) is 6.05. The molecule has 0 saturated heterocycles. The molecular formula is C18H18N4O4S. The van der Waals surface area contributed by atoms with Crippen molar-refractivity contribution in [1.82, 2.24) is 18.8 Å². The molecule has 1 N–H and O–H groups in total. The highest BCUT2D eigenvalue weighted by atomic mass is 32.2. The molecule has 0 aliphatic rings. The fourth-order valence-electron chi connectivity index (χ4n) is 2.67. The van der Waals surface area contributed by atoms with Crippen molar-refractivity contribution in [2.75, 3.05) is 7.05 Å². The zero-order valence-corrected chi connectivity index (χ0v) is 15.6. The molecule has 0 atom stereocenters. The van der Waals surface area contributed by atoms with E-state index in [9.17, 15) is 13.2 Å². The summed E-state index contributed by atoms with van der Waals surface area (Å²) in [5, 5.41) is 9.10. The number of aryl methyl sites for hydroxylation is 1. The van der Waals surface area contributed by atoms with Gasteiger partial charge in [0.25, 0.3) is 10.0 Å². The Morgan fingerprint density at radius 2 is 1.96 bits per heavy atom. The quantitative estimate of drug-likeness (QED) is 0.722. The van der Waals surface area contributed by atoms with Gasteiger partial charge in [-0.3, -0.25) is 9.97 Å². The maximum Gasteiger partial charge on any atom is 0.407 e. The van der Waals surface area contributed by atoms with Crippen molar-refractivity contribution < 1.29 is 18.3 Å². The highest BCUT2D eigenvalue weighted by Crippen LogP contribution is 2.29. The molecule has 140 valence electrons. The van der Waals surface area contributed by atoms with Crippen molar-refractivity contribution in [3.05, 3.63) is 66.4 Å². The first-order chi connectivity index (χ1) is 12.8. The van der Waals surface area contributed by atoms with Crippen LogP contribution in [0.4, 0.5) is 4.79 Å². The van der Waals surface area contributed by atoms with Gasteiger partial charge < -0.3 is 10.0 Å². The number of hydrogen-bond acceptors (Lipinski definition) is 5. The number of aromatic nitrogens is 3. The van der Waals surface area contributed by atoms with E-state index in [1.165, 1.54) is 31.7 Å². The lowest BCUT2D eigenvalue weighted by atomic mass is 10.1. The van der Waals surface area contributed by atoms with Crippen molar-refractivity contribution >= 4 is 16.1 Å². The summed E-state index contributed by atoms with van der Waals surface area (Å²) < 4.78 is 27.4. The molecule has 3 rings (SSSR count). The second-order valence-corrected chi connectivity index (χ2v) is 7.87. The summed E-state index contributed by atoms with van der Waals surface area (Å²) in [5.74, 6) is 0. The van der Waals surface area contributed by atoms with Gasteiger partial charge >= 0.3 is 6.09 Å².